The summed E-state index contributed by atoms with van der Waals surface area (Å²) in [6, 6.07) is 4.40. The highest BCUT2D eigenvalue weighted by atomic mass is 32.2. The highest BCUT2D eigenvalue weighted by Gasteiger charge is 2.32. The number of hydrogen-bond acceptors (Lipinski definition) is 4. The van der Waals surface area contributed by atoms with Gasteiger partial charge in [0.05, 0.1) is 17.6 Å². The standard InChI is InChI=1S/C13H18FNO3S/c1-9(16)13-11(14)4-3-5-12(13)15(2)10-6-7-19(17,18)8-10/h3-5,9-10,16H,6-8H2,1-2H3/t9-,10?/m1/s1. The zero-order valence-electron chi connectivity index (χ0n) is 11.0. The van der Waals surface area contributed by atoms with Crippen LogP contribution >= 0.6 is 0 Å². The highest BCUT2D eigenvalue weighted by Crippen LogP contribution is 2.31. The molecule has 1 aromatic carbocycles. The molecule has 1 fully saturated rings. The van der Waals surface area contributed by atoms with Gasteiger partial charge >= 0.3 is 0 Å². The minimum Gasteiger partial charge on any atom is -0.389 e. The number of aliphatic hydroxyl groups excluding tert-OH is 1. The van der Waals surface area contributed by atoms with Gasteiger partial charge in [0.25, 0.3) is 0 Å². The maximum atomic E-state index is 13.8. The van der Waals surface area contributed by atoms with Crippen LogP contribution in [0.15, 0.2) is 18.2 Å². The van der Waals surface area contributed by atoms with Crippen molar-refractivity contribution in [3.63, 3.8) is 0 Å². The van der Waals surface area contributed by atoms with E-state index in [-0.39, 0.29) is 23.1 Å². The van der Waals surface area contributed by atoms with E-state index in [4.69, 9.17) is 0 Å². The third-order valence-corrected chi connectivity index (χ3v) is 5.33. The largest absolute Gasteiger partial charge is 0.389 e. The van der Waals surface area contributed by atoms with Crippen LogP contribution in [0.3, 0.4) is 0 Å². The van der Waals surface area contributed by atoms with Crippen LogP contribution in [0, 0.1) is 5.82 Å². The topological polar surface area (TPSA) is 57.6 Å². The van der Waals surface area contributed by atoms with Crippen molar-refractivity contribution < 1.29 is 17.9 Å². The number of sulfone groups is 1. The first-order valence-corrected chi connectivity index (χ1v) is 8.03. The summed E-state index contributed by atoms with van der Waals surface area (Å²) in [5.74, 6) is -0.221. The lowest BCUT2D eigenvalue weighted by molar-refractivity contribution is 0.194. The number of benzene rings is 1. The minimum absolute atomic E-state index is 0.0826. The number of anilines is 1. The van der Waals surface area contributed by atoms with Gasteiger partial charge in [0.15, 0.2) is 9.84 Å². The minimum atomic E-state index is -2.99. The van der Waals surface area contributed by atoms with Crippen molar-refractivity contribution in [2.45, 2.75) is 25.5 Å². The van der Waals surface area contributed by atoms with Gasteiger partial charge < -0.3 is 10.0 Å². The quantitative estimate of drug-likeness (QED) is 0.915. The summed E-state index contributed by atoms with van der Waals surface area (Å²) in [4.78, 5) is 1.76. The van der Waals surface area contributed by atoms with Crippen molar-refractivity contribution in [1.29, 1.82) is 0 Å². The zero-order chi connectivity index (χ0) is 14.2. The van der Waals surface area contributed by atoms with E-state index in [1.54, 1.807) is 24.1 Å². The van der Waals surface area contributed by atoms with Gasteiger partial charge in [-0.1, -0.05) is 6.07 Å². The molecule has 2 rings (SSSR count). The maximum Gasteiger partial charge on any atom is 0.152 e. The van der Waals surface area contributed by atoms with Crippen LogP contribution in [0.5, 0.6) is 0 Å². The Morgan fingerprint density at radius 3 is 2.68 bits per heavy atom. The van der Waals surface area contributed by atoms with Crippen LogP contribution in [0.2, 0.25) is 0 Å². The Bertz CT molecular complexity index is 571. The van der Waals surface area contributed by atoms with Gasteiger partial charge in [-0.2, -0.15) is 0 Å². The van der Waals surface area contributed by atoms with Gasteiger partial charge in [0.2, 0.25) is 0 Å². The lowest BCUT2D eigenvalue weighted by Crippen LogP contribution is -2.33. The molecule has 19 heavy (non-hydrogen) atoms. The van der Waals surface area contributed by atoms with Crippen molar-refractivity contribution in [1.82, 2.24) is 0 Å². The van der Waals surface area contributed by atoms with Crippen molar-refractivity contribution in [2.24, 2.45) is 0 Å². The maximum absolute atomic E-state index is 13.8. The molecule has 0 amide bonds. The van der Waals surface area contributed by atoms with Crippen LogP contribution < -0.4 is 4.90 Å². The number of rotatable bonds is 3. The van der Waals surface area contributed by atoms with Gasteiger partial charge in [0, 0.05) is 24.3 Å². The van der Waals surface area contributed by atoms with Gasteiger partial charge in [0.1, 0.15) is 5.82 Å². The van der Waals surface area contributed by atoms with E-state index >= 15 is 0 Å². The average molecular weight is 287 g/mol. The van der Waals surface area contributed by atoms with Crippen LogP contribution in [-0.4, -0.2) is 38.1 Å². The second kappa shape index (κ2) is 5.09. The van der Waals surface area contributed by atoms with Crippen LogP contribution in [0.4, 0.5) is 10.1 Å². The van der Waals surface area contributed by atoms with E-state index in [1.807, 2.05) is 0 Å². The van der Waals surface area contributed by atoms with Gasteiger partial charge in [-0.15, -0.1) is 0 Å². The Morgan fingerprint density at radius 2 is 2.16 bits per heavy atom. The summed E-state index contributed by atoms with van der Waals surface area (Å²) in [5.41, 5.74) is 0.770. The van der Waals surface area contributed by atoms with Gasteiger partial charge in [-0.05, 0) is 25.5 Å². The number of nitrogens with zero attached hydrogens (tertiary/aromatic N) is 1. The molecule has 1 aromatic rings. The Balaban J connectivity index is 2.34. The first-order chi connectivity index (χ1) is 8.82. The molecular weight excluding hydrogens is 269 g/mol. The number of hydrogen-bond donors (Lipinski definition) is 1. The third kappa shape index (κ3) is 2.90. The highest BCUT2D eigenvalue weighted by molar-refractivity contribution is 7.91. The number of halogens is 1. The first-order valence-electron chi connectivity index (χ1n) is 6.21. The fourth-order valence-corrected chi connectivity index (χ4v) is 4.30. The Labute approximate surface area is 112 Å². The normalized spacial score (nSPS) is 23.3. The van der Waals surface area contributed by atoms with E-state index in [0.29, 0.717) is 12.1 Å². The lowest BCUT2D eigenvalue weighted by atomic mass is 10.1. The van der Waals surface area contributed by atoms with Crippen molar-refractivity contribution in [3.05, 3.63) is 29.6 Å². The van der Waals surface area contributed by atoms with Gasteiger partial charge in [-0.3, -0.25) is 0 Å². The molecule has 1 aliphatic heterocycles. The molecule has 1 heterocycles. The SMILES string of the molecule is C[C@@H](O)c1c(F)cccc1N(C)C1CCS(=O)(=O)C1. The van der Waals surface area contributed by atoms with Crippen LogP contribution in [-0.2, 0) is 9.84 Å². The molecule has 1 N–H and O–H groups in total. The third-order valence-electron chi connectivity index (χ3n) is 3.58. The Hall–Kier alpha value is -1.14. The Kier molecular flexibility index (Phi) is 3.82. The predicted octanol–water partition coefficient (Wildman–Crippen LogP) is 1.50. The molecule has 0 radical (unpaired) electrons. The van der Waals surface area contributed by atoms with Gasteiger partial charge in [-0.25, -0.2) is 12.8 Å². The van der Waals surface area contributed by atoms with E-state index in [1.165, 1.54) is 13.0 Å². The molecule has 0 aliphatic carbocycles. The monoisotopic (exact) mass is 287 g/mol. The molecule has 0 bridgehead atoms. The molecule has 4 nitrogen and oxygen atoms in total. The van der Waals surface area contributed by atoms with E-state index in [9.17, 15) is 17.9 Å². The molecule has 106 valence electrons. The zero-order valence-corrected chi connectivity index (χ0v) is 11.8. The summed E-state index contributed by atoms with van der Waals surface area (Å²) in [6.07, 6.45) is -0.397. The molecule has 0 saturated carbocycles. The summed E-state index contributed by atoms with van der Waals surface area (Å²) in [6.45, 7) is 1.50. The van der Waals surface area contributed by atoms with Crippen LogP contribution in [0.1, 0.15) is 25.0 Å². The average Bonchev–Trinajstić information content (AvgIpc) is 2.68. The summed E-state index contributed by atoms with van der Waals surface area (Å²) in [5, 5.41) is 9.69. The smallest absolute Gasteiger partial charge is 0.152 e. The van der Waals surface area contributed by atoms with E-state index < -0.39 is 21.8 Å². The van der Waals surface area contributed by atoms with Crippen molar-refractivity contribution in [2.75, 3.05) is 23.5 Å². The summed E-state index contributed by atoms with van der Waals surface area (Å²) >= 11 is 0. The molecule has 6 heteroatoms. The fraction of sp³-hybridized carbons (Fsp3) is 0.538. The molecule has 0 spiro atoms. The second-order valence-corrected chi connectivity index (χ2v) is 7.25. The predicted molar refractivity (Wildman–Crippen MR) is 72.5 cm³/mol. The summed E-state index contributed by atoms with van der Waals surface area (Å²) in [7, 11) is -1.25. The van der Waals surface area contributed by atoms with Crippen LogP contribution in [0.25, 0.3) is 0 Å². The fourth-order valence-electron chi connectivity index (χ4n) is 2.52. The van der Waals surface area contributed by atoms with Crippen molar-refractivity contribution >= 4 is 15.5 Å². The lowest BCUT2D eigenvalue weighted by Gasteiger charge is -2.28. The molecule has 1 unspecified atom stereocenters. The van der Waals surface area contributed by atoms with Crippen molar-refractivity contribution in [3.8, 4) is 0 Å². The molecule has 1 aliphatic rings. The van der Waals surface area contributed by atoms with E-state index in [0.717, 1.165) is 0 Å². The summed E-state index contributed by atoms with van der Waals surface area (Å²) < 4.78 is 36.8. The molecule has 2 atom stereocenters. The Morgan fingerprint density at radius 1 is 1.47 bits per heavy atom. The number of aliphatic hydroxyl groups is 1. The molecule has 0 aromatic heterocycles. The second-order valence-electron chi connectivity index (χ2n) is 5.02. The van der Waals surface area contributed by atoms with E-state index in [2.05, 4.69) is 0 Å². The molecule has 1 saturated heterocycles. The first kappa shape index (κ1) is 14.3. The molecular formula is C13H18FNO3S.